The molecule has 4 rings (SSSR count). The highest BCUT2D eigenvalue weighted by Gasteiger charge is 2.27. The Morgan fingerprint density at radius 1 is 1.31 bits per heavy atom. The summed E-state index contributed by atoms with van der Waals surface area (Å²) in [6.45, 7) is 6.40. The molecule has 2 aliphatic rings. The van der Waals surface area contributed by atoms with Crippen molar-refractivity contribution in [3.63, 3.8) is 0 Å². The minimum absolute atomic E-state index is 0.0217. The summed E-state index contributed by atoms with van der Waals surface area (Å²) < 4.78 is 13.8. The topological polar surface area (TPSA) is 94.3 Å². The summed E-state index contributed by atoms with van der Waals surface area (Å²) in [5.41, 5.74) is 3.69. The molecule has 1 saturated heterocycles. The van der Waals surface area contributed by atoms with Crippen LogP contribution in [0.3, 0.4) is 0 Å². The van der Waals surface area contributed by atoms with Crippen LogP contribution in [-0.2, 0) is 9.59 Å². The number of carbonyl (C=O) groups is 3. The maximum Gasteiger partial charge on any atom is 0.256 e. The van der Waals surface area contributed by atoms with Crippen LogP contribution in [0.2, 0.25) is 0 Å². The zero-order valence-electron chi connectivity index (χ0n) is 20.8. The van der Waals surface area contributed by atoms with Gasteiger partial charge in [0.05, 0.1) is 17.2 Å². The Hall–Kier alpha value is -3.26. The van der Waals surface area contributed by atoms with Gasteiger partial charge in [-0.25, -0.2) is 4.39 Å². The number of aromatic nitrogens is 1. The number of aryl methyl sites for hydroxylation is 1. The third-order valence-corrected chi connectivity index (χ3v) is 7.22. The van der Waals surface area contributed by atoms with Crippen LogP contribution in [0, 0.1) is 19.7 Å². The van der Waals surface area contributed by atoms with Gasteiger partial charge in [0.15, 0.2) is 5.78 Å². The maximum absolute atomic E-state index is 13.8. The molecule has 1 fully saturated rings. The molecule has 0 spiro atoms. The van der Waals surface area contributed by atoms with Crippen LogP contribution < -0.4 is 10.6 Å². The van der Waals surface area contributed by atoms with Crippen LogP contribution in [0.1, 0.15) is 71.9 Å². The average molecular weight is 481 g/mol. The van der Waals surface area contributed by atoms with Crippen molar-refractivity contribution in [1.29, 1.82) is 0 Å². The number of likely N-dealkylation sites (tertiary alicyclic amines) is 1. The Bertz CT molecular complexity index is 1200. The van der Waals surface area contributed by atoms with Crippen molar-refractivity contribution in [2.45, 2.75) is 65.0 Å². The number of hydrogen-bond acceptors (Lipinski definition) is 4. The molecule has 0 aliphatic carbocycles. The van der Waals surface area contributed by atoms with Crippen molar-refractivity contribution in [2.75, 3.05) is 18.9 Å². The molecular weight excluding hydrogens is 447 g/mol. The van der Waals surface area contributed by atoms with E-state index in [1.54, 1.807) is 26.8 Å². The highest BCUT2D eigenvalue weighted by atomic mass is 19.1. The summed E-state index contributed by atoms with van der Waals surface area (Å²) in [7, 11) is 2.13. The van der Waals surface area contributed by atoms with Gasteiger partial charge in [-0.3, -0.25) is 14.4 Å². The summed E-state index contributed by atoms with van der Waals surface area (Å²) in [5, 5.41) is 5.56. The number of fused-ring (bicyclic) bond motifs is 1. The van der Waals surface area contributed by atoms with Crippen LogP contribution in [0.25, 0.3) is 11.6 Å². The van der Waals surface area contributed by atoms with E-state index in [0.717, 1.165) is 19.4 Å². The van der Waals surface area contributed by atoms with E-state index in [1.807, 2.05) is 0 Å². The number of aromatic amines is 1. The van der Waals surface area contributed by atoms with Gasteiger partial charge in [-0.15, -0.1) is 0 Å². The zero-order chi connectivity index (χ0) is 25.3. The van der Waals surface area contributed by atoms with E-state index in [4.69, 9.17) is 0 Å². The lowest BCUT2D eigenvalue weighted by Crippen LogP contribution is -2.39. The van der Waals surface area contributed by atoms with Crippen molar-refractivity contribution < 1.29 is 18.8 Å². The standard InChI is InChI=1S/C27H33FN4O3/c1-15-23(14-21-20-13-18(28)10-11-22(20)31-26(21)34)29-17(3)25(15)27(35)30-16(2)24(33)9-5-7-19-8-6-12-32(19)4/h10-11,13-14,16,19,29H,5-9,12H2,1-4H3,(H,30,35)(H,31,34)/b21-14-. The van der Waals surface area contributed by atoms with Crippen molar-refractivity contribution >= 4 is 34.9 Å². The normalized spacial score (nSPS) is 19.6. The van der Waals surface area contributed by atoms with Crippen LogP contribution >= 0.6 is 0 Å². The minimum Gasteiger partial charge on any atom is -0.358 e. The largest absolute Gasteiger partial charge is 0.358 e. The molecule has 0 saturated carbocycles. The van der Waals surface area contributed by atoms with E-state index in [0.29, 0.717) is 51.8 Å². The van der Waals surface area contributed by atoms with E-state index >= 15 is 0 Å². The number of carbonyl (C=O) groups excluding carboxylic acids is 3. The van der Waals surface area contributed by atoms with Gasteiger partial charge in [-0.1, -0.05) is 0 Å². The number of Topliss-reactive ketones (excluding diaryl/α,β-unsaturated/α-hetero) is 1. The number of benzene rings is 1. The summed E-state index contributed by atoms with van der Waals surface area (Å²) in [5.74, 6) is -1.07. The predicted molar refractivity (Wildman–Crippen MR) is 135 cm³/mol. The first-order chi connectivity index (χ1) is 16.7. The van der Waals surface area contributed by atoms with E-state index in [-0.39, 0.29) is 17.6 Å². The van der Waals surface area contributed by atoms with E-state index in [1.165, 1.54) is 31.0 Å². The molecule has 35 heavy (non-hydrogen) atoms. The van der Waals surface area contributed by atoms with E-state index < -0.39 is 11.9 Å². The van der Waals surface area contributed by atoms with Crippen molar-refractivity contribution in [2.24, 2.45) is 0 Å². The maximum atomic E-state index is 13.8. The summed E-state index contributed by atoms with van der Waals surface area (Å²) >= 11 is 0. The minimum atomic E-state index is -0.588. The van der Waals surface area contributed by atoms with E-state index in [2.05, 4.69) is 27.6 Å². The Morgan fingerprint density at radius 3 is 2.80 bits per heavy atom. The summed E-state index contributed by atoms with van der Waals surface area (Å²) in [6.07, 6.45) is 6.29. The molecule has 1 aromatic carbocycles. The lowest BCUT2D eigenvalue weighted by molar-refractivity contribution is -0.120. The number of hydrogen-bond donors (Lipinski definition) is 3. The average Bonchev–Trinajstić information content (AvgIpc) is 3.43. The fraction of sp³-hybridized carbons (Fsp3) is 0.444. The van der Waals surface area contributed by atoms with Gasteiger partial charge in [0.25, 0.3) is 11.8 Å². The molecule has 2 aromatic rings. The molecular formula is C27H33FN4O3. The number of rotatable bonds is 8. The molecule has 2 amide bonds. The Morgan fingerprint density at radius 2 is 2.09 bits per heavy atom. The van der Waals surface area contributed by atoms with Crippen LogP contribution in [0.4, 0.5) is 10.1 Å². The Labute approximate surface area is 205 Å². The number of H-pyrrole nitrogens is 1. The number of anilines is 1. The fourth-order valence-electron chi connectivity index (χ4n) is 5.13. The smallest absolute Gasteiger partial charge is 0.256 e. The van der Waals surface area contributed by atoms with Gasteiger partial charge < -0.3 is 20.5 Å². The van der Waals surface area contributed by atoms with Crippen LogP contribution in [-0.4, -0.2) is 53.2 Å². The fourth-order valence-corrected chi connectivity index (χ4v) is 5.13. The third-order valence-electron chi connectivity index (χ3n) is 7.22. The zero-order valence-corrected chi connectivity index (χ0v) is 20.8. The highest BCUT2D eigenvalue weighted by Crippen LogP contribution is 2.34. The molecule has 2 unspecified atom stereocenters. The quantitative estimate of drug-likeness (QED) is 0.493. The van der Waals surface area contributed by atoms with Gasteiger partial charge in [-0.2, -0.15) is 0 Å². The second-order valence-corrected chi connectivity index (χ2v) is 9.70. The number of halogens is 1. The van der Waals surface area contributed by atoms with Crippen LogP contribution in [0.15, 0.2) is 18.2 Å². The Kier molecular flexibility index (Phi) is 7.21. The van der Waals surface area contributed by atoms with Crippen molar-refractivity contribution in [3.8, 4) is 0 Å². The van der Waals surface area contributed by atoms with Crippen LogP contribution in [0.5, 0.6) is 0 Å². The Balaban J connectivity index is 1.43. The molecule has 0 bridgehead atoms. The first-order valence-corrected chi connectivity index (χ1v) is 12.2. The predicted octanol–water partition coefficient (Wildman–Crippen LogP) is 4.22. The number of ketones is 1. The second-order valence-electron chi connectivity index (χ2n) is 9.70. The van der Waals surface area contributed by atoms with Gasteiger partial charge in [0, 0.05) is 35.1 Å². The lowest BCUT2D eigenvalue weighted by Gasteiger charge is -2.19. The molecule has 2 aliphatic heterocycles. The van der Waals surface area contributed by atoms with Crippen molar-refractivity contribution in [1.82, 2.24) is 15.2 Å². The van der Waals surface area contributed by atoms with Crippen molar-refractivity contribution in [3.05, 3.63) is 52.1 Å². The second kappa shape index (κ2) is 10.2. The molecule has 3 heterocycles. The highest BCUT2D eigenvalue weighted by molar-refractivity contribution is 6.34. The molecule has 0 radical (unpaired) electrons. The van der Waals surface area contributed by atoms with Gasteiger partial charge in [0.1, 0.15) is 5.82 Å². The number of nitrogens with zero attached hydrogens (tertiary/aromatic N) is 1. The summed E-state index contributed by atoms with van der Waals surface area (Å²) in [6, 6.07) is 4.10. The molecule has 7 nitrogen and oxygen atoms in total. The molecule has 1 aromatic heterocycles. The number of nitrogens with one attached hydrogen (secondary N) is 3. The molecule has 3 N–H and O–H groups in total. The molecule has 186 valence electrons. The lowest BCUT2D eigenvalue weighted by atomic mass is 10.0. The van der Waals surface area contributed by atoms with E-state index in [9.17, 15) is 18.8 Å². The molecule has 8 heteroatoms. The summed E-state index contributed by atoms with van der Waals surface area (Å²) in [4.78, 5) is 43.6. The number of amides is 2. The van der Waals surface area contributed by atoms with Gasteiger partial charge in [-0.05, 0) is 89.9 Å². The monoisotopic (exact) mass is 480 g/mol. The van der Waals surface area contributed by atoms with Gasteiger partial charge in [0.2, 0.25) is 0 Å². The van der Waals surface area contributed by atoms with Gasteiger partial charge >= 0.3 is 0 Å². The molecule has 2 atom stereocenters. The third kappa shape index (κ3) is 5.22. The first-order valence-electron chi connectivity index (χ1n) is 12.2. The first kappa shape index (κ1) is 24.9. The SMILES string of the molecule is Cc1[nH]c(/C=C2\C(=O)Nc3ccc(F)cc32)c(C)c1C(=O)NC(C)C(=O)CCCC1CCCN1C.